The number of benzene rings is 1. The number of aryl methyl sites for hydroxylation is 1. The maximum absolute atomic E-state index is 12.0. The second-order valence-corrected chi connectivity index (χ2v) is 7.21. The molecule has 5 nitrogen and oxygen atoms in total. The van der Waals surface area contributed by atoms with Gasteiger partial charge in [-0.3, -0.25) is 9.78 Å². The van der Waals surface area contributed by atoms with Crippen LogP contribution in [0, 0.1) is 6.92 Å². The third-order valence-electron chi connectivity index (χ3n) is 5.41. The molecule has 1 amide bonds. The van der Waals surface area contributed by atoms with Gasteiger partial charge in [0.15, 0.2) is 0 Å². The summed E-state index contributed by atoms with van der Waals surface area (Å²) in [4.78, 5) is 25.9. The molecular weight excluding hydrogens is 348 g/mol. The second kappa shape index (κ2) is 6.60. The number of carbonyl (C=O) groups excluding carboxylic acids is 1. The smallest absolute Gasteiger partial charge is 0.227 e. The number of nitrogens with one attached hydrogen (secondary N) is 1. The van der Waals surface area contributed by atoms with E-state index in [2.05, 4.69) is 40.1 Å². The van der Waals surface area contributed by atoms with E-state index in [-0.39, 0.29) is 5.91 Å². The standard InChI is InChI=1S/C23H20N4O/c1-15-12-26-23-22(15)20(8-9-25-23)18-11-17(13-24-14-18)16-4-6-19(7-5-16)27-10-2-3-21(27)28/h4-9,11-14H,2-3,10H2,1H3,(H,25,26). The van der Waals surface area contributed by atoms with Gasteiger partial charge < -0.3 is 9.88 Å². The van der Waals surface area contributed by atoms with Gasteiger partial charge in [-0.2, -0.15) is 0 Å². The Morgan fingerprint density at radius 1 is 1.04 bits per heavy atom. The van der Waals surface area contributed by atoms with Gasteiger partial charge in [0.1, 0.15) is 5.65 Å². The minimum Gasteiger partial charge on any atom is -0.346 e. The zero-order valence-corrected chi connectivity index (χ0v) is 15.6. The van der Waals surface area contributed by atoms with E-state index in [0.29, 0.717) is 6.42 Å². The fraction of sp³-hybridized carbons (Fsp3) is 0.174. The van der Waals surface area contributed by atoms with Crippen LogP contribution < -0.4 is 4.90 Å². The van der Waals surface area contributed by atoms with Crippen LogP contribution in [0.5, 0.6) is 0 Å². The number of rotatable bonds is 3. The van der Waals surface area contributed by atoms with Gasteiger partial charge in [-0.1, -0.05) is 12.1 Å². The molecule has 0 bridgehead atoms. The quantitative estimate of drug-likeness (QED) is 0.569. The predicted molar refractivity (Wildman–Crippen MR) is 111 cm³/mol. The predicted octanol–water partition coefficient (Wildman–Crippen LogP) is 4.73. The topological polar surface area (TPSA) is 61.9 Å². The number of fused-ring (bicyclic) bond motifs is 1. The number of pyridine rings is 2. The number of hydrogen-bond acceptors (Lipinski definition) is 3. The molecule has 4 heterocycles. The number of amides is 1. The van der Waals surface area contributed by atoms with Crippen molar-refractivity contribution in [1.29, 1.82) is 0 Å². The molecule has 5 heteroatoms. The van der Waals surface area contributed by atoms with Gasteiger partial charge in [0.25, 0.3) is 0 Å². The number of carbonyl (C=O) groups is 1. The van der Waals surface area contributed by atoms with Gasteiger partial charge in [-0.15, -0.1) is 0 Å². The van der Waals surface area contributed by atoms with Crippen molar-refractivity contribution >= 4 is 22.6 Å². The monoisotopic (exact) mass is 368 g/mol. The second-order valence-electron chi connectivity index (χ2n) is 7.21. The summed E-state index contributed by atoms with van der Waals surface area (Å²) in [6, 6.07) is 12.4. The van der Waals surface area contributed by atoms with Crippen molar-refractivity contribution in [3.05, 3.63) is 66.7 Å². The third-order valence-corrected chi connectivity index (χ3v) is 5.41. The van der Waals surface area contributed by atoms with E-state index in [1.807, 2.05) is 47.9 Å². The highest BCUT2D eigenvalue weighted by atomic mass is 16.2. The molecular formula is C23H20N4O. The molecule has 0 spiro atoms. The summed E-state index contributed by atoms with van der Waals surface area (Å²) in [5.41, 5.74) is 7.34. The summed E-state index contributed by atoms with van der Waals surface area (Å²) >= 11 is 0. The molecule has 5 rings (SSSR count). The Morgan fingerprint density at radius 2 is 1.86 bits per heavy atom. The van der Waals surface area contributed by atoms with E-state index < -0.39 is 0 Å². The van der Waals surface area contributed by atoms with Crippen molar-refractivity contribution < 1.29 is 4.79 Å². The molecule has 1 aliphatic rings. The average molecular weight is 368 g/mol. The Balaban J connectivity index is 1.52. The number of H-pyrrole nitrogens is 1. The molecule has 1 aromatic carbocycles. The Hall–Kier alpha value is -3.47. The van der Waals surface area contributed by atoms with Gasteiger partial charge in [-0.25, -0.2) is 4.98 Å². The van der Waals surface area contributed by atoms with Crippen LogP contribution in [-0.4, -0.2) is 27.4 Å². The molecule has 138 valence electrons. The van der Waals surface area contributed by atoms with Gasteiger partial charge in [0.05, 0.1) is 0 Å². The van der Waals surface area contributed by atoms with Crippen LogP contribution in [0.2, 0.25) is 0 Å². The Kier molecular flexibility index (Phi) is 3.93. The molecule has 0 aliphatic carbocycles. The van der Waals surface area contributed by atoms with E-state index in [4.69, 9.17) is 0 Å². The molecule has 1 fully saturated rings. The highest BCUT2D eigenvalue weighted by Crippen LogP contribution is 2.32. The van der Waals surface area contributed by atoms with Crippen molar-refractivity contribution in [3.8, 4) is 22.3 Å². The van der Waals surface area contributed by atoms with Gasteiger partial charge in [0, 0.05) is 60.0 Å². The lowest BCUT2D eigenvalue weighted by Gasteiger charge is -2.16. The molecule has 1 aliphatic heterocycles. The minimum absolute atomic E-state index is 0.208. The maximum Gasteiger partial charge on any atom is 0.227 e. The first kappa shape index (κ1) is 16.7. The summed E-state index contributed by atoms with van der Waals surface area (Å²) in [7, 11) is 0. The van der Waals surface area contributed by atoms with Crippen molar-refractivity contribution in [2.24, 2.45) is 0 Å². The SMILES string of the molecule is Cc1c[nH]c2nccc(-c3cncc(-c4ccc(N5CCCC5=O)cc4)c3)c12. The molecule has 28 heavy (non-hydrogen) atoms. The Bertz CT molecular complexity index is 1180. The van der Waals surface area contributed by atoms with Crippen LogP contribution in [0.3, 0.4) is 0 Å². The van der Waals surface area contributed by atoms with Crippen LogP contribution in [0.15, 0.2) is 61.2 Å². The van der Waals surface area contributed by atoms with Crippen LogP contribution in [-0.2, 0) is 4.79 Å². The fourth-order valence-corrected chi connectivity index (χ4v) is 3.96. The molecule has 0 atom stereocenters. The van der Waals surface area contributed by atoms with Crippen LogP contribution in [0.25, 0.3) is 33.3 Å². The summed E-state index contributed by atoms with van der Waals surface area (Å²) in [5.74, 6) is 0.208. The fourth-order valence-electron chi connectivity index (χ4n) is 3.96. The summed E-state index contributed by atoms with van der Waals surface area (Å²) in [6.07, 6.45) is 9.15. The number of hydrogen-bond donors (Lipinski definition) is 1. The normalized spacial score (nSPS) is 14.2. The third kappa shape index (κ3) is 2.76. The van der Waals surface area contributed by atoms with Crippen LogP contribution in [0.4, 0.5) is 5.69 Å². The summed E-state index contributed by atoms with van der Waals surface area (Å²) in [6.45, 7) is 2.89. The first-order valence-electron chi connectivity index (χ1n) is 9.49. The van der Waals surface area contributed by atoms with Crippen molar-refractivity contribution in [3.63, 3.8) is 0 Å². The highest BCUT2D eigenvalue weighted by Gasteiger charge is 2.21. The van der Waals surface area contributed by atoms with E-state index >= 15 is 0 Å². The molecule has 1 N–H and O–H groups in total. The van der Waals surface area contributed by atoms with Gasteiger partial charge in [-0.05, 0) is 54.3 Å². The van der Waals surface area contributed by atoms with E-state index in [9.17, 15) is 4.79 Å². The van der Waals surface area contributed by atoms with Crippen molar-refractivity contribution in [1.82, 2.24) is 15.0 Å². The van der Waals surface area contributed by atoms with Crippen molar-refractivity contribution in [2.45, 2.75) is 19.8 Å². The number of nitrogens with zero attached hydrogens (tertiary/aromatic N) is 3. The van der Waals surface area contributed by atoms with Crippen LogP contribution >= 0.6 is 0 Å². The first-order chi connectivity index (χ1) is 13.7. The Morgan fingerprint density at radius 3 is 2.64 bits per heavy atom. The lowest BCUT2D eigenvalue weighted by Crippen LogP contribution is -2.23. The van der Waals surface area contributed by atoms with E-state index in [1.54, 1.807) is 0 Å². The molecule has 4 aromatic rings. The van der Waals surface area contributed by atoms with E-state index in [0.717, 1.165) is 51.9 Å². The summed E-state index contributed by atoms with van der Waals surface area (Å²) < 4.78 is 0. The lowest BCUT2D eigenvalue weighted by molar-refractivity contribution is -0.117. The minimum atomic E-state index is 0.208. The maximum atomic E-state index is 12.0. The van der Waals surface area contributed by atoms with Crippen molar-refractivity contribution in [2.75, 3.05) is 11.4 Å². The molecule has 1 saturated heterocycles. The lowest BCUT2D eigenvalue weighted by atomic mass is 9.99. The molecule has 0 saturated carbocycles. The van der Waals surface area contributed by atoms with E-state index in [1.165, 1.54) is 5.56 Å². The largest absolute Gasteiger partial charge is 0.346 e. The zero-order valence-electron chi connectivity index (χ0n) is 15.6. The Labute approximate surface area is 163 Å². The number of aromatic amines is 1. The number of anilines is 1. The number of aromatic nitrogens is 3. The first-order valence-corrected chi connectivity index (χ1v) is 9.49. The van der Waals surface area contributed by atoms with Gasteiger partial charge in [0.2, 0.25) is 5.91 Å². The van der Waals surface area contributed by atoms with Crippen LogP contribution in [0.1, 0.15) is 18.4 Å². The highest BCUT2D eigenvalue weighted by molar-refractivity contribution is 5.96. The molecule has 0 radical (unpaired) electrons. The molecule has 0 unspecified atom stereocenters. The zero-order chi connectivity index (χ0) is 19.1. The summed E-state index contributed by atoms with van der Waals surface area (Å²) in [5, 5.41) is 1.13. The average Bonchev–Trinajstić information content (AvgIpc) is 3.34. The molecule has 3 aromatic heterocycles. The van der Waals surface area contributed by atoms with Gasteiger partial charge >= 0.3 is 0 Å².